The lowest BCUT2D eigenvalue weighted by Crippen LogP contribution is -2.31. The quantitative estimate of drug-likeness (QED) is 0.900. The number of aromatic nitrogens is 1. The molecule has 2 aromatic rings. The number of hydrogen-bond acceptors (Lipinski definition) is 2. The number of hydrogen-bond donors (Lipinski definition) is 1. The van der Waals surface area contributed by atoms with Crippen LogP contribution in [0, 0.1) is 0 Å². The third-order valence-corrected chi connectivity index (χ3v) is 4.05. The summed E-state index contributed by atoms with van der Waals surface area (Å²) in [5, 5.41) is 10.0. The maximum Gasteiger partial charge on any atom is 0.335 e. The first-order valence-electron chi connectivity index (χ1n) is 6.67. The van der Waals surface area contributed by atoms with E-state index in [0.717, 1.165) is 36.8 Å². The number of nitrogens with zero attached hydrogens (tertiary/aromatic N) is 2. The van der Waals surface area contributed by atoms with Gasteiger partial charge in [-0.2, -0.15) is 0 Å². The van der Waals surface area contributed by atoms with Gasteiger partial charge < -0.3 is 14.6 Å². The van der Waals surface area contributed by atoms with Crippen LogP contribution in [0.15, 0.2) is 30.5 Å². The molecule has 0 unspecified atom stereocenters. The van der Waals surface area contributed by atoms with E-state index in [1.54, 1.807) is 12.1 Å². The van der Waals surface area contributed by atoms with E-state index in [0.29, 0.717) is 11.6 Å². The van der Waals surface area contributed by atoms with Gasteiger partial charge in [0.15, 0.2) is 0 Å². The molecule has 0 saturated carbocycles. The zero-order valence-corrected chi connectivity index (χ0v) is 11.0. The van der Waals surface area contributed by atoms with Crippen LogP contribution in [0.4, 0.5) is 0 Å². The largest absolute Gasteiger partial charge is 0.478 e. The molecule has 4 nitrogen and oxygen atoms in total. The average Bonchev–Trinajstić information content (AvgIpc) is 2.82. The molecule has 1 aromatic carbocycles. The van der Waals surface area contributed by atoms with Gasteiger partial charge in [0.25, 0.3) is 0 Å². The molecule has 1 saturated heterocycles. The lowest BCUT2D eigenvalue weighted by atomic mass is 10.1. The molecule has 1 aliphatic rings. The van der Waals surface area contributed by atoms with Crippen molar-refractivity contribution >= 4 is 16.9 Å². The van der Waals surface area contributed by atoms with Crippen molar-refractivity contribution in [1.82, 2.24) is 9.47 Å². The molecular weight excluding hydrogens is 240 g/mol. The highest BCUT2D eigenvalue weighted by Gasteiger charge is 2.19. The fourth-order valence-corrected chi connectivity index (χ4v) is 2.89. The summed E-state index contributed by atoms with van der Waals surface area (Å²) < 4.78 is 2.30. The van der Waals surface area contributed by atoms with Crippen LogP contribution in [0.3, 0.4) is 0 Å². The third-order valence-electron chi connectivity index (χ3n) is 4.05. The minimum absolute atomic E-state index is 0.355. The number of likely N-dealkylation sites (tertiary alicyclic amines) is 1. The van der Waals surface area contributed by atoms with Crippen LogP contribution in [-0.4, -0.2) is 40.7 Å². The third kappa shape index (κ3) is 2.24. The van der Waals surface area contributed by atoms with E-state index in [1.165, 1.54) is 0 Å². The van der Waals surface area contributed by atoms with Crippen LogP contribution in [0.5, 0.6) is 0 Å². The van der Waals surface area contributed by atoms with Gasteiger partial charge in [0.1, 0.15) is 0 Å². The van der Waals surface area contributed by atoms with Crippen molar-refractivity contribution in [3.05, 3.63) is 36.0 Å². The van der Waals surface area contributed by atoms with Gasteiger partial charge in [-0.3, -0.25) is 0 Å². The summed E-state index contributed by atoms with van der Waals surface area (Å²) >= 11 is 0. The van der Waals surface area contributed by atoms with Crippen molar-refractivity contribution in [1.29, 1.82) is 0 Å². The van der Waals surface area contributed by atoms with Gasteiger partial charge >= 0.3 is 5.97 Å². The highest BCUT2D eigenvalue weighted by Crippen LogP contribution is 2.27. The van der Waals surface area contributed by atoms with E-state index >= 15 is 0 Å². The minimum atomic E-state index is -0.867. The summed E-state index contributed by atoms with van der Waals surface area (Å²) in [5.41, 5.74) is 1.49. The highest BCUT2D eigenvalue weighted by atomic mass is 16.4. The Morgan fingerprint density at radius 2 is 2.00 bits per heavy atom. The van der Waals surface area contributed by atoms with Crippen LogP contribution in [0.2, 0.25) is 0 Å². The first-order valence-corrected chi connectivity index (χ1v) is 6.67. The number of carboxylic acids is 1. The number of benzene rings is 1. The molecule has 3 rings (SSSR count). The van der Waals surface area contributed by atoms with Gasteiger partial charge in [-0.05, 0) is 57.2 Å². The summed E-state index contributed by atoms with van der Waals surface area (Å²) in [6, 6.07) is 7.92. The molecule has 1 aromatic heterocycles. The monoisotopic (exact) mass is 258 g/mol. The first-order chi connectivity index (χ1) is 9.15. The van der Waals surface area contributed by atoms with Crippen LogP contribution in [0.25, 0.3) is 10.9 Å². The second kappa shape index (κ2) is 4.70. The summed E-state index contributed by atoms with van der Waals surface area (Å²) in [6.45, 7) is 2.25. The number of fused-ring (bicyclic) bond motifs is 1. The van der Waals surface area contributed by atoms with E-state index in [2.05, 4.69) is 22.7 Å². The Morgan fingerprint density at radius 3 is 2.68 bits per heavy atom. The van der Waals surface area contributed by atoms with Crippen molar-refractivity contribution in [3.63, 3.8) is 0 Å². The molecular formula is C15H18N2O2. The van der Waals surface area contributed by atoms with Crippen LogP contribution < -0.4 is 0 Å². The van der Waals surface area contributed by atoms with E-state index in [4.69, 9.17) is 5.11 Å². The zero-order valence-electron chi connectivity index (χ0n) is 11.0. The Labute approximate surface area is 112 Å². The lowest BCUT2D eigenvalue weighted by Gasteiger charge is -2.30. The van der Waals surface area contributed by atoms with Crippen LogP contribution in [-0.2, 0) is 0 Å². The highest BCUT2D eigenvalue weighted by molar-refractivity contribution is 5.93. The Bertz CT molecular complexity index is 610. The molecule has 100 valence electrons. The van der Waals surface area contributed by atoms with Crippen molar-refractivity contribution in [2.45, 2.75) is 18.9 Å². The normalized spacial score (nSPS) is 17.9. The Morgan fingerprint density at radius 1 is 1.26 bits per heavy atom. The molecule has 19 heavy (non-hydrogen) atoms. The Kier molecular flexibility index (Phi) is 3.03. The summed E-state index contributed by atoms with van der Waals surface area (Å²) in [7, 11) is 2.16. The Balaban J connectivity index is 1.95. The zero-order chi connectivity index (χ0) is 13.4. The van der Waals surface area contributed by atoms with E-state index in [1.807, 2.05) is 12.1 Å². The summed E-state index contributed by atoms with van der Waals surface area (Å²) in [5.74, 6) is -0.867. The Hall–Kier alpha value is -1.81. The van der Waals surface area contributed by atoms with Crippen LogP contribution >= 0.6 is 0 Å². The van der Waals surface area contributed by atoms with E-state index in [-0.39, 0.29) is 0 Å². The van der Waals surface area contributed by atoms with Gasteiger partial charge in [0, 0.05) is 23.1 Å². The van der Waals surface area contributed by atoms with Gasteiger partial charge in [-0.1, -0.05) is 0 Å². The fraction of sp³-hybridized carbons (Fsp3) is 0.400. The number of piperidine rings is 1. The van der Waals surface area contributed by atoms with Crippen molar-refractivity contribution in [2.24, 2.45) is 0 Å². The first kappa shape index (κ1) is 12.2. The molecule has 1 fully saturated rings. The van der Waals surface area contributed by atoms with Crippen molar-refractivity contribution in [2.75, 3.05) is 20.1 Å². The molecule has 0 aliphatic carbocycles. The molecule has 0 radical (unpaired) electrons. The molecule has 0 amide bonds. The predicted molar refractivity (Wildman–Crippen MR) is 74.7 cm³/mol. The van der Waals surface area contributed by atoms with Gasteiger partial charge in [0.05, 0.1) is 5.56 Å². The second-order valence-corrected chi connectivity index (χ2v) is 5.34. The van der Waals surface area contributed by atoms with Gasteiger partial charge in [0.2, 0.25) is 0 Å². The fourth-order valence-electron chi connectivity index (χ4n) is 2.89. The molecule has 1 aliphatic heterocycles. The number of aromatic carboxylic acids is 1. The smallest absolute Gasteiger partial charge is 0.335 e. The molecule has 1 N–H and O–H groups in total. The second-order valence-electron chi connectivity index (χ2n) is 5.34. The average molecular weight is 258 g/mol. The number of rotatable bonds is 2. The number of carboxylic acid groups (broad SMARTS) is 1. The van der Waals surface area contributed by atoms with Gasteiger partial charge in [-0.25, -0.2) is 4.79 Å². The predicted octanol–water partition coefficient (Wildman–Crippen LogP) is 2.61. The molecule has 0 spiro atoms. The van der Waals surface area contributed by atoms with Crippen molar-refractivity contribution in [3.8, 4) is 0 Å². The summed E-state index contributed by atoms with van der Waals surface area (Å²) in [4.78, 5) is 13.3. The molecule has 0 atom stereocenters. The lowest BCUT2D eigenvalue weighted by molar-refractivity contribution is 0.0697. The molecule has 2 heterocycles. The van der Waals surface area contributed by atoms with Crippen molar-refractivity contribution < 1.29 is 9.90 Å². The van der Waals surface area contributed by atoms with E-state index < -0.39 is 5.97 Å². The molecule has 0 bridgehead atoms. The van der Waals surface area contributed by atoms with E-state index in [9.17, 15) is 4.79 Å². The maximum atomic E-state index is 11.0. The summed E-state index contributed by atoms with van der Waals surface area (Å²) in [6.07, 6.45) is 4.40. The topological polar surface area (TPSA) is 45.5 Å². The van der Waals surface area contributed by atoms with Gasteiger partial charge in [-0.15, -0.1) is 0 Å². The molecule has 4 heteroatoms. The standard InChI is InChI=1S/C15H18N2O2/c1-16-7-5-13(6-8-16)17-9-4-11-10-12(15(18)19)2-3-14(11)17/h2-4,9-10,13H,5-8H2,1H3,(H,18,19). The minimum Gasteiger partial charge on any atom is -0.478 e. The SMILES string of the molecule is CN1CCC(n2ccc3cc(C(=O)O)ccc32)CC1. The maximum absolute atomic E-state index is 11.0. The van der Waals surface area contributed by atoms with Crippen LogP contribution in [0.1, 0.15) is 29.2 Å². The number of carbonyl (C=O) groups is 1.